The van der Waals surface area contributed by atoms with Crippen LogP contribution in [0.2, 0.25) is 0 Å². The van der Waals surface area contributed by atoms with Crippen molar-refractivity contribution in [2.75, 3.05) is 7.11 Å². The third-order valence-corrected chi connectivity index (χ3v) is 1.15. The number of aromatic nitrogens is 2. The summed E-state index contributed by atoms with van der Waals surface area (Å²) in [4.78, 5) is 0. The van der Waals surface area contributed by atoms with E-state index in [2.05, 4.69) is 5.10 Å². The Morgan fingerprint density at radius 3 is 2.75 bits per heavy atom. The van der Waals surface area contributed by atoms with Gasteiger partial charge in [0, 0.05) is 20.4 Å². The molecule has 0 saturated carbocycles. The Hall–Kier alpha value is -0.700. The van der Waals surface area contributed by atoms with E-state index in [4.69, 9.17) is 4.74 Å². The lowest BCUT2D eigenvalue weighted by Crippen LogP contribution is -2.10. The van der Waals surface area contributed by atoms with Crippen molar-refractivity contribution < 1.29 is 4.74 Å². The van der Waals surface area contributed by atoms with E-state index in [0.29, 0.717) is 6.61 Å². The van der Waals surface area contributed by atoms with Gasteiger partial charge in [-0.1, -0.05) is 0 Å². The summed E-state index contributed by atoms with van der Waals surface area (Å²) in [5.74, 6) is 0. The summed E-state index contributed by atoms with van der Waals surface area (Å²) in [6, 6.07) is 0. The van der Waals surface area contributed by atoms with Crippen molar-refractivity contribution in [3.05, 3.63) is 11.9 Å². The van der Waals surface area contributed by atoms with Crippen molar-refractivity contribution in [2.45, 2.75) is 6.61 Å². The summed E-state index contributed by atoms with van der Waals surface area (Å²) >= 11 is 0. The van der Waals surface area contributed by atoms with Crippen molar-refractivity contribution in [1.29, 1.82) is 0 Å². The third kappa shape index (κ3) is 0.767. The van der Waals surface area contributed by atoms with Gasteiger partial charge >= 0.3 is 0 Å². The standard InChI is InChI=1S/C5H10N2O/c1-7-5(3-6-7)4-8-2/h3,6H,4H2,1-2H3. The fourth-order valence-corrected chi connectivity index (χ4v) is 0.571. The maximum absolute atomic E-state index is 4.87. The smallest absolute Gasteiger partial charge is 0.0894 e. The zero-order valence-corrected chi connectivity index (χ0v) is 5.14. The van der Waals surface area contributed by atoms with Gasteiger partial charge in [-0.3, -0.25) is 4.68 Å². The van der Waals surface area contributed by atoms with Gasteiger partial charge in [-0.2, -0.15) is 0 Å². The second-order valence-corrected chi connectivity index (χ2v) is 1.76. The first-order valence-electron chi connectivity index (χ1n) is 2.52. The van der Waals surface area contributed by atoms with Crippen LogP contribution in [0.25, 0.3) is 0 Å². The maximum Gasteiger partial charge on any atom is 0.0894 e. The van der Waals surface area contributed by atoms with Gasteiger partial charge in [-0.25, -0.2) is 0 Å². The second-order valence-electron chi connectivity index (χ2n) is 1.76. The van der Waals surface area contributed by atoms with Crippen LogP contribution in [0.4, 0.5) is 0 Å². The van der Waals surface area contributed by atoms with Crippen LogP contribution in [-0.2, 0) is 18.4 Å². The first kappa shape index (κ1) is 5.44. The summed E-state index contributed by atoms with van der Waals surface area (Å²) in [5, 5.41) is 2.93. The summed E-state index contributed by atoms with van der Waals surface area (Å²) in [5.41, 5.74) is 1.19. The first-order valence-corrected chi connectivity index (χ1v) is 2.52. The summed E-state index contributed by atoms with van der Waals surface area (Å²) in [7, 11) is 3.64. The predicted octanol–water partition coefficient (Wildman–Crippen LogP) is 0.500. The molecule has 0 unspecified atom stereocenters. The molecule has 0 aliphatic carbocycles. The van der Waals surface area contributed by atoms with Crippen molar-refractivity contribution in [1.82, 2.24) is 9.78 Å². The van der Waals surface area contributed by atoms with E-state index in [1.165, 1.54) is 5.69 Å². The number of nitrogens with one attached hydrogen (secondary N) is 1. The number of hydrogen-bond acceptors (Lipinski definition) is 1. The quantitative estimate of drug-likeness (QED) is 0.596. The van der Waals surface area contributed by atoms with Crippen molar-refractivity contribution in [3.63, 3.8) is 0 Å². The SMILES string of the molecule is COCc1c[nH]n1C. The van der Waals surface area contributed by atoms with Crippen LogP contribution in [0, 0.1) is 0 Å². The van der Waals surface area contributed by atoms with Crippen molar-refractivity contribution in [3.8, 4) is 0 Å². The second kappa shape index (κ2) is 2.05. The number of methoxy groups -OCH3 is 1. The fourth-order valence-electron chi connectivity index (χ4n) is 0.571. The number of aryl methyl sites for hydroxylation is 1. The molecule has 0 aliphatic heterocycles. The number of hydrogen-bond donors (Lipinski definition) is 1. The summed E-state index contributed by atoms with van der Waals surface area (Å²) in [6.07, 6.45) is 1.92. The average molecular weight is 114 g/mol. The average Bonchev–Trinajstić information content (AvgIpc) is 1.79. The molecule has 0 radical (unpaired) electrons. The van der Waals surface area contributed by atoms with E-state index in [0.717, 1.165) is 0 Å². The number of ether oxygens (including phenoxy) is 1. The minimum Gasteiger partial charge on any atom is -0.378 e. The molecule has 3 heteroatoms. The topological polar surface area (TPSA) is 29.9 Å². The van der Waals surface area contributed by atoms with Crippen LogP contribution < -0.4 is 0 Å². The molecule has 3 nitrogen and oxygen atoms in total. The molecule has 0 atom stereocenters. The van der Waals surface area contributed by atoms with E-state index < -0.39 is 0 Å². The maximum atomic E-state index is 4.87. The molecule has 1 heterocycles. The lowest BCUT2D eigenvalue weighted by atomic mass is 10.5. The predicted molar refractivity (Wildman–Crippen MR) is 30.5 cm³/mol. The highest BCUT2D eigenvalue weighted by Crippen LogP contribution is 1.96. The van der Waals surface area contributed by atoms with E-state index in [9.17, 15) is 0 Å². The Morgan fingerprint density at radius 2 is 2.62 bits per heavy atom. The monoisotopic (exact) mass is 114 g/mol. The van der Waals surface area contributed by atoms with Crippen LogP contribution in [-0.4, -0.2) is 16.9 Å². The van der Waals surface area contributed by atoms with Crippen molar-refractivity contribution >= 4 is 0 Å². The highest BCUT2D eigenvalue weighted by atomic mass is 16.5. The van der Waals surface area contributed by atoms with Gasteiger partial charge in [-0.05, 0) is 0 Å². The molecule has 1 rings (SSSR count). The molecule has 1 aromatic heterocycles. The first-order chi connectivity index (χ1) is 3.84. The Bertz CT molecular complexity index is 154. The minimum absolute atomic E-state index is 0.698. The Labute approximate surface area is 48.2 Å². The number of H-pyrrole nitrogens is 1. The summed E-state index contributed by atoms with van der Waals surface area (Å²) in [6.45, 7) is 0.698. The largest absolute Gasteiger partial charge is 0.378 e. The zero-order chi connectivity index (χ0) is 5.98. The number of nitrogens with zero attached hydrogens (tertiary/aromatic N) is 1. The van der Waals surface area contributed by atoms with E-state index in [1.54, 1.807) is 7.11 Å². The van der Waals surface area contributed by atoms with Crippen LogP contribution in [0.1, 0.15) is 5.69 Å². The molecule has 0 fully saturated rings. The van der Waals surface area contributed by atoms with Gasteiger partial charge in [0.15, 0.2) is 0 Å². The molecule has 46 valence electrons. The van der Waals surface area contributed by atoms with Gasteiger partial charge in [-0.15, -0.1) is 0 Å². The normalized spacial score (nSPS) is 10.2. The molecule has 0 amide bonds. The van der Waals surface area contributed by atoms with Crippen LogP contribution in [0.3, 0.4) is 0 Å². The van der Waals surface area contributed by atoms with Gasteiger partial charge in [0.2, 0.25) is 0 Å². The Morgan fingerprint density at radius 1 is 1.88 bits per heavy atom. The van der Waals surface area contributed by atoms with Crippen LogP contribution >= 0.6 is 0 Å². The number of rotatable bonds is 2. The fraction of sp³-hybridized carbons (Fsp3) is 0.600. The molecule has 8 heavy (non-hydrogen) atoms. The zero-order valence-electron chi connectivity index (χ0n) is 5.14. The highest BCUT2D eigenvalue weighted by Gasteiger charge is 1.95. The molecule has 1 aromatic rings. The summed E-state index contributed by atoms with van der Waals surface area (Å²) < 4.78 is 6.79. The number of aromatic amines is 1. The molecule has 0 spiro atoms. The molecule has 1 N–H and O–H groups in total. The molecule has 0 bridgehead atoms. The van der Waals surface area contributed by atoms with Gasteiger partial charge in [0.25, 0.3) is 0 Å². The van der Waals surface area contributed by atoms with Crippen LogP contribution in [0.15, 0.2) is 6.20 Å². The van der Waals surface area contributed by atoms with E-state index in [1.807, 2.05) is 17.9 Å². The van der Waals surface area contributed by atoms with Gasteiger partial charge in [0.1, 0.15) is 0 Å². The lowest BCUT2D eigenvalue weighted by molar-refractivity contribution is 0.173. The van der Waals surface area contributed by atoms with Gasteiger partial charge < -0.3 is 9.84 Å². The van der Waals surface area contributed by atoms with Crippen LogP contribution in [0.5, 0.6) is 0 Å². The van der Waals surface area contributed by atoms with E-state index >= 15 is 0 Å². The lowest BCUT2D eigenvalue weighted by Gasteiger charge is -2.10. The molecule has 0 aromatic carbocycles. The molecule has 0 saturated heterocycles. The third-order valence-electron chi connectivity index (χ3n) is 1.15. The Balaban J connectivity index is 2.44. The molecular formula is C5H10N2O. The van der Waals surface area contributed by atoms with Crippen molar-refractivity contribution in [2.24, 2.45) is 7.05 Å². The van der Waals surface area contributed by atoms with E-state index in [-0.39, 0.29) is 0 Å². The molecule has 0 aliphatic rings. The minimum atomic E-state index is 0.698. The van der Waals surface area contributed by atoms with Gasteiger partial charge in [0.05, 0.1) is 12.3 Å². The molecular weight excluding hydrogens is 104 g/mol. The highest BCUT2D eigenvalue weighted by molar-refractivity contribution is 4.93. The Kier molecular flexibility index (Phi) is 1.39.